The maximum atomic E-state index is 8.87. The van der Waals surface area contributed by atoms with Crippen LogP contribution < -0.4 is 0 Å². The molecule has 1 saturated carbocycles. The molecule has 0 aliphatic heterocycles. The molecular weight excluding hydrogens is 148 g/mol. The van der Waals surface area contributed by atoms with Gasteiger partial charge in [-0.05, 0) is 31.4 Å². The van der Waals surface area contributed by atoms with Crippen LogP contribution in [0.25, 0.3) is 0 Å². The molecule has 1 aromatic rings. The molecule has 1 aromatic heterocycles. The highest BCUT2D eigenvalue weighted by Crippen LogP contribution is 2.34. The zero-order chi connectivity index (χ0) is 8.39. The van der Waals surface area contributed by atoms with Gasteiger partial charge < -0.3 is 4.57 Å². The van der Waals surface area contributed by atoms with Crippen LogP contribution >= 0.6 is 0 Å². The van der Waals surface area contributed by atoms with Crippen LogP contribution in [0.3, 0.4) is 0 Å². The van der Waals surface area contributed by atoms with Crippen LogP contribution in [-0.2, 0) is 0 Å². The fourth-order valence-corrected chi connectivity index (χ4v) is 2.02. The van der Waals surface area contributed by atoms with Crippen molar-refractivity contribution in [1.82, 2.24) is 4.57 Å². The third kappa shape index (κ3) is 1.12. The molecular formula is C10H12N2. The Kier molecular flexibility index (Phi) is 1.87. The van der Waals surface area contributed by atoms with Gasteiger partial charge in [-0.1, -0.05) is 0 Å². The van der Waals surface area contributed by atoms with E-state index in [-0.39, 0.29) is 5.92 Å². The summed E-state index contributed by atoms with van der Waals surface area (Å²) >= 11 is 0. The van der Waals surface area contributed by atoms with Crippen molar-refractivity contribution in [3.8, 4) is 6.07 Å². The van der Waals surface area contributed by atoms with E-state index in [4.69, 9.17) is 5.26 Å². The number of nitrogens with zero attached hydrogens (tertiary/aromatic N) is 2. The van der Waals surface area contributed by atoms with Crippen LogP contribution in [0.1, 0.15) is 25.3 Å². The molecule has 0 saturated heterocycles. The molecule has 0 aromatic carbocycles. The molecule has 0 radical (unpaired) electrons. The molecule has 2 heteroatoms. The Hall–Kier alpha value is -1.23. The van der Waals surface area contributed by atoms with E-state index in [0.29, 0.717) is 6.04 Å². The molecule has 2 unspecified atom stereocenters. The molecule has 0 N–H and O–H groups in total. The minimum Gasteiger partial charge on any atom is -0.350 e. The Morgan fingerprint density at radius 1 is 1.25 bits per heavy atom. The highest BCUT2D eigenvalue weighted by molar-refractivity contribution is 5.01. The van der Waals surface area contributed by atoms with Crippen molar-refractivity contribution >= 4 is 0 Å². The SMILES string of the molecule is N#CC1CCCC1n1cccc1. The molecule has 2 rings (SSSR count). The monoisotopic (exact) mass is 160 g/mol. The van der Waals surface area contributed by atoms with Gasteiger partial charge in [-0.2, -0.15) is 5.26 Å². The topological polar surface area (TPSA) is 28.7 Å². The van der Waals surface area contributed by atoms with Crippen LogP contribution in [0.2, 0.25) is 0 Å². The summed E-state index contributed by atoms with van der Waals surface area (Å²) in [5.41, 5.74) is 0. The van der Waals surface area contributed by atoms with Crippen LogP contribution in [-0.4, -0.2) is 4.57 Å². The molecule has 1 fully saturated rings. The molecule has 0 amide bonds. The molecule has 0 bridgehead atoms. The van der Waals surface area contributed by atoms with Crippen LogP contribution in [0.4, 0.5) is 0 Å². The number of hydrogen-bond acceptors (Lipinski definition) is 1. The highest BCUT2D eigenvalue weighted by atomic mass is 15.0. The number of aromatic nitrogens is 1. The third-order valence-corrected chi connectivity index (χ3v) is 2.66. The van der Waals surface area contributed by atoms with Crippen molar-refractivity contribution < 1.29 is 0 Å². The van der Waals surface area contributed by atoms with E-state index in [1.807, 2.05) is 12.1 Å². The van der Waals surface area contributed by atoms with Gasteiger partial charge in [-0.3, -0.25) is 0 Å². The Morgan fingerprint density at radius 2 is 2.00 bits per heavy atom. The average molecular weight is 160 g/mol. The predicted molar refractivity (Wildman–Crippen MR) is 46.4 cm³/mol. The molecule has 62 valence electrons. The largest absolute Gasteiger partial charge is 0.350 e. The second-order valence-corrected chi connectivity index (χ2v) is 3.36. The summed E-state index contributed by atoms with van der Waals surface area (Å²) in [6, 6.07) is 6.86. The first-order valence-electron chi connectivity index (χ1n) is 4.44. The van der Waals surface area contributed by atoms with Crippen molar-refractivity contribution in [2.24, 2.45) is 5.92 Å². The number of hydrogen-bond donors (Lipinski definition) is 0. The van der Waals surface area contributed by atoms with E-state index in [2.05, 4.69) is 23.0 Å². The zero-order valence-corrected chi connectivity index (χ0v) is 6.98. The minimum atomic E-state index is 0.234. The standard InChI is InChI=1S/C10H12N2/c11-8-9-4-3-5-10(9)12-6-1-2-7-12/h1-2,6-7,9-10H,3-5H2. The summed E-state index contributed by atoms with van der Waals surface area (Å²) < 4.78 is 2.17. The Balaban J connectivity index is 2.20. The van der Waals surface area contributed by atoms with Gasteiger partial charge in [0.15, 0.2) is 0 Å². The first-order chi connectivity index (χ1) is 5.92. The maximum Gasteiger partial charge on any atom is 0.0677 e. The van der Waals surface area contributed by atoms with Gasteiger partial charge in [0, 0.05) is 18.4 Å². The lowest BCUT2D eigenvalue weighted by atomic mass is 10.1. The molecule has 2 atom stereocenters. The first-order valence-corrected chi connectivity index (χ1v) is 4.44. The normalized spacial score (nSPS) is 28.6. The fraction of sp³-hybridized carbons (Fsp3) is 0.500. The first kappa shape index (κ1) is 7.42. The second-order valence-electron chi connectivity index (χ2n) is 3.36. The third-order valence-electron chi connectivity index (χ3n) is 2.66. The molecule has 1 aliphatic carbocycles. The summed E-state index contributed by atoms with van der Waals surface area (Å²) in [7, 11) is 0. The Morgan fingerprint density at radius 3 is 2.67 bits per heavy atom. The molecule has 0 spiro atoms. The van der Waals surface area contributed by atoms with Crippen molar-refractivity contribution in [3.05, 3.63) is 24.5 Å². The van der Waals surface area contributed by atoms with Crippen molar-refractivity contribution in [1.29, 1.82) is 5.26 Å². The predicted octanol–water partition coefficient (Wildman–Crippen LogP) is 2.35. The van der Waals surface area contributed by atoms with Gasteiger partial charge in [0.1, 0.15) is 0 Å². The number of rotatable bonds is 1. The highest BCUT2D eigenvalue weighted by Gasteiger charge is 2.27. The summed E-state index contributed by atoms with van der Waals surface area (Å²) in [6.45, 7) is 0. The summed E-state index contributed by atoms with van der Waals surface area (Å²) in [6.07, 6.45) is 7.54. The van der Waals surface area contributed by atoms with E-state index >= 15 is 0 Å². The maximum absolute atomic E-state index is 8.87. The number of nitriles is 1. The van der Waals surface area contributed by atoms with E-state index in [9.17, 15) is 0 Å². The van der Waals surface area contributed by atoms with Gasteiger partial charge in [-0.15, -0.1) is 0 Å². The van der Waals surface area contributed by atoms with Gasteiger partial charge in [-0.25, -0.2) is 0 Å². The summed E-state index contributed by atoms with van der Waals surface area (Å²) in [4.78, 5) is 0. The van der Waals surface area contributed by atoms with Gasteiger partial charge in [0.25, 0.3) is 0 Å². The lowest BCUT2D eigenvalue weighted by Crippen LogP contribution is -2.10. The summed E-state index contributed by atoms with van der Waals surface area (Å²) in [5, 5.41) is 8.87. The van der Waals surface area contributed by atoms with E-state index < -0.39 is 0 Å². The smallest absolute Gasteiger partial charge is 0.0677 e. The molecule has 2 nitrogen and oxygen atoms in total. The van der Waals surface area contributed by atoms with Crippen molar-refractivity contribution in [2.75, 3.05) is 0 Å². The minimum absolute atomic E-state index is 0.234. The van der Waals surface area contributed by atoms with Crippen LogP contribution in [0.5, 0.6) is 0 Å². The molecule has 1 aliphatic rings. The van der Waals surface area contributed by atoms with Gasteiger partial charge in [0.05, 0.1) is 12.0 Å². The van der Waals surface area contributed by atoms with Crippen LogP contribution in [0, 0.1) is 17.2 Å². The summed E-state index contributed by atoms with van der Waals surface area (Å²) in [5.74, 6) is 0.234. The van der Waals surface area contributed by atoms with Crippen LogP contribution in [0.15, 0.2) is 24.5 Å². The lowest BCUT2D eigenvalue weighted by molar-refractivity contribution is 0.451. The van der Waals surface area contributed by atoms with E-state index in [0.717, 1.165) is 12.8 Å². The second kappa shape index (κ2) is 3.02. The van der Waals surface area contributed by atoms with E-state index in [1.165, 1.54) is 6.42 Å². The van der Waals surface area contributed by atoms with Gasteiger partial charge in [0.2, 0.25) is 0 Å². The quantitative estimate of drug-likeness (QED) is 0.620. The van der Waals surface area contributed by atoms with Gasteiger partial charge >= 0.3 is 0 Å². The molecule has 12 heavy (non-hydrogen) atoms. The van der Waals surface area contributed by atoms with E-state index in [1.54, 1.807) is 0 Å². The van der Waals surface area contributed by atoms with Crippen molar-refractivity contribution in [2.45, 2.75) is 25.3 Å². The Bertz CT molecular complexity index is 281. The average Bonchev–Trinajstić information content (AvgIpc) is 2.74. The Labute approximate surface area is 72.4 Å². The zero-order valence-electron chi connectivity index (χ0n) is 6.98. The van der Waals surface area contributed by atoms with Crippen molar-refractivity contribution in [3.63, 3.8) is 0 Å². The fourth-order valence-electron chi connectivity index (χ4n) is 2.02. The molecule has 1 heterocycles. The lowest BCUT2D eigenvalue weighted by Gasteiger charge is -2.14.